The van der Waals surface area contributed by atoms with Gasteiger partial charge in [0.05, 0.1) is 11.2 Å². The van der Waals surface area contributed by atoms with Crippen molar-refractivity contribution in [2.45, 2.75) is 26.2 Å². The lowest BCUT2D eigenvalue weighted by Crippen LogP contribution is -2.42. The van der Waals surface area contributed by atoms with Gasteiger partial charge in [0.2, 0.25) is 0 Å². The summed E-state index contributed by atoms with van der Waals surface area (Å²) in [7, 11) is 1.73. The summed E-state index contributed by atoms with van der Waals surface area (Å²) in [6.45, 7) is 5.49. The molecule has 0 radical (unpaired) electrons. The molecule has 8 heteroatoms. The summed E-state index contributed by atoms with van der Waals surface area (Å²) in [6.07, 6.45) is 3.61. The second kappa shape index (κ2) is 10.2. The van der Waals surface area contributed by atoms with Crippen LogP contribution in [0.2, 0.25) is 0 Å². The number of aliphatic imine (C=N–C) groups is 1. The van der Waals surface area contributed by atoms with E-state index in [4.69, 9.17) is 4.74 Å². The van der Waals surface area contributed by atoms with Gasteiger partial charge in [0, 0.05) is 39.9 Å². The van der Waals surface area contributed by atoms with Gasteiger partial charge >= 0.3 is 0 Å². The summed E-state index contributed by atoms with van der Waals surface area (Å²) in [5.74, 6) is 1.48. The molecule has 1 saturated carbocycles. The lowest BCUT2D eigenvalue weighted by atomic mass is 10.4. The molecular formula is C16H27N5O2S. The SMILES string of the molecule is CN=C(NCCCOCC1CC1)NCCNC(=O)c1scnc1C. The summed E-state index contributed by atoms with van der Waals surface area (Å²) in [5, 5.41) is 9.28. The fourth-order valence-electron chi connectivity index (χ4n) is 2.09. The molecule has 0 unspecified atom stereocenters. The molecule has 0 atom stereocenters. The van der Waals surface area contributed by atoms with Gasteiger partial charge in [-0.25, -0.2) is 4.98 Å². The first kappa shape index (κ1) is 18.7. The van der Waals surface area contributed by atoms with Crippen LogP contribution in [-0.4, -0.2) is 56.7 Å². The van der Waals surface area contributed by atoms with E-state index in [9.17, 15) is 4.79 Å². The third kappa shape index (κ3) is 6.84. The van der Waals surface area contributed by atoms with Crippen LogP contribution >= 0.6 is 11.3 Å². The van der Waals surface area contributed by atoms with Gasteiger partial charge in [-0.05, 0) is 32.1 Å². The van der Waals surface area contributed by atoms with E-state index in [-0.39, 0.29) is 5.91 Å². The maximum absolute atomic E-state index is 11.9. The van der Waals surface area contributed by atoms with Gasteiger partial charge in [-0.3, -0.25) is 9.79 Å². The molecule has 1 aliphatic rings. The maximum Gasteiger partial charge on any atom is 0.263 e. The minimum absolute atomic E-state index is 0.0763. The van der Waals surface area contributed by atoms with Crippen LogP contribution in [-0.2, 0) is 4.74 Å². The average molecular weight is 353 g/mol. The molecule has 1 aromatic rings. The Balaban J connectivity index is 1.49. The quantitative estimate of drug-likeness (QED) is 0.334. The third-order valence-electron chi connectivity index (χ3n) is 3.69. The van der Waals surface area contributed by atoms with Gasteiger partial charge < -0.3 is 20.7 Å². The van der Waals surface area contributed by atoms with E-state index >= 15 is 0 Å². The molecule has 0 bridgehead atoms. The van der Waals surface area contributed by atoms with Crippen molar-refractivity contribution in [2.24, 2.45) is 10.9 Å². The monoisotopic (exact) mass is 353 g/mol. The minimum Gasteiger partial charge on any atom is -0.381 e. The number of amides is 1. The molecule has 1 aromatic heterocycles. The molecule has 0 saturated heterocycles. The van der Waals surface area contributed by atoms with Crippen LogP contribution in [0, 0.1) is 12.8 Å². The molecule has 0 aliphatic heterocycles. The Morgan fingerprint density at radius 2 is 2.08 bits per heavy atom. The Morgan fingerprint density at radius 1 is 1.33 bits per heavy atom. The second-order valence-corrected chi connectivity index (χ2v) is 6.68. The zero-order valence-corrected chi connectivity index (χ0v) is 15.2. The Labute approximate surface area is 147 Å². The Bertz CT molecular complexity index is 542. The van der Waals surface area contributed by atoms with Gasteiger partial charge in [-0.1, -0.05) is 0 Å². The number of aromatic nitrogens is 1. The van der Waals surface area contributed by atoms with Crippen molar-refractivity contribution in [3.05, 3.63) is 16.1 Å². The number of guanidine groups is 1. The summed E-state index contributed by atoms with van der Waals surface area (Å²) < 4.78 is 5.59. The standard InChI is InChI=1S/C16H27N5O2S/c1-12-14(24-11-21-12)15(22)18-7-8-20-16(17-2)19-6-3-9-23-10-13-4-5-13/h11,13H,3-10H2,1-2H3,(H,18,22)(H2,17,19,20). The number of nitrogens with one attached hydrogen (secondary N) is 3. The fourth-order valence-corrected chi connectivity index (χ4v) is 2.81. The number of hydrogen-bond donors (Lipinski definition) is 3. The number of carbonyl (C=O) groups excluding carboxylic acids is 1. The smallest absolute Gasteiger partial charge is 0.263 e. The molecule has 134 valence electrons. The Morgan fingerprint density at radius 3 is 2.75 bits per heavy atom. The van der Waals surface area contributed by atoms with Gasteiger partial charge in [-0.2, -0.15) is 0 Å². The minimum atomic E-state index is -0.0763. The van der Waals surface area contributed by atoms with Crippen molar-refractivity contribution in [1.29, 1.82) is 0 Å². The number of hydrogen-bond acceptors (Lipinski definition) is 5. The summed E-state index contributed by atoms with van der Waals surface area (Å²) in [5.41, 5.74) is 2.45. The van der Waals surface area contributed by atoms with Crippen LogP contribution in [0.25, 0.3) is 0 Å². The van der Waals surface area contributed by atoms with E-state index in [0.717, 1.165) is 43.8 Å². The topological polar surface area (TPSA) is 87.6 Å². The number of ether oxygens (including phenoxy) is 1. The number of thiazole rings is 1. The molecule has 3 N–H and O–H groups in total. The largest absolute Gasteiger partial charge is 0.381 e. The summed E-state index contributed by atoms with van der Waals surface area (Å²) in [6, 6.07) is 0. The van der Waals surface area contributed by atoms with Crippen LogP contribution in [0.3, 0.4) is 0 Å². The number of nitrogens with zero attached hydrogens (tertiary/aromatic N) is 2. The number of carbonyl (C=O) groups is 1. The predicted molar refractivity (Wildman–Crippen MR) is 96.7 cm³/mol. The molecular weight excluding hydrogens is 326 g/mol. The van der Waals surface area contributed by atoms with Gasteiger partial charge in [0.25, 0.3) is 5.91 Å². The van der Waals surface area contributed by atoms with Crippen molar-refractivity contribution in [3.63, 3.8) is 0 Å². The van der Waals surface area contributed by atoms with E-state index < -0.39 is 0 Å². The molecule has 0 aromatic carbocycles. The highest BCUT2D eigenvalue weighted by Gasteiger charge is 2.20. The molecule has 7 nitrogen and oxygen atoms in total. The highest BCUT2D eigenvalue weighted by atomic mass is 32.1. The molecule has 1 aliphatic carbocycles. The van der Waals surface area contributed by atoms with E-state index in [2.05, 4.69) is 25.9 Å². The molecule has 2 rings (SSSR count). The van der Waals surface area contributed by atoms with E-state index in [1.807, 2.05) is 6.92 Å². The van der Waals surface area contributed by atoms with Gasteiger partial charge in [0.1, 0.15) is 4.88 Å². The summed E-state index contributed by atoms with van der Waals surface area (Å²) in [4.78, 5) is 20.8. The van der Waals surface area contributed by atoms with Crippen molar-refractivity contribution < 1.29 is 9.53 Å². The van der Waals surface area contributed by atoms with Crippen molar-refractivity contribution in [3.8, 4) is 0 Å². The summed E-state index contributed by atoms with van der Waals surface area (Å²) >= 11 is 1.36. The van der Waals surface area contributed by atoms with Crippen LogP contribution in [0.15, 0.2) is 10.5 Å². The van der Waals surface area contributed by atoms with Crippen LogP contribution < -0.4 is 16.0 Å². The lowest BCUT2D eigenvalue weighted by Gasteiger charge is -2.12. The first-order valence-corrected chi connectivity index (χ1v) is 9.29. The van der Waals surface area contributed by atoms with E-state index in [0.29, 0.717) is 18.0 Å². The third-order valence-corrected chi connectivity index (χ3v) is 4.61. The molecule has 1 fully saturated rings. The first-order chi connectivity index (χ1) is 11.7. The zero-order chi connectivity index (χ0) is 17.2. The van der Waals surface area contributed by atoms with Crippen molar-refractivity contribution in [2.75, 3.05) is 39.9 Å². The molecule has 0 spiro atoms. The van der Waals surface area contributed by atoms with Crippen LogP contribution in [0.4, 0.5) is 0 Å². The maximum atomic E-state index is 11.9. The second-order valence-electron chi connectivity index (χ2n) is 5.82. The molecule has 1 amide bonds. The number of aryl methyl sites for hydroxylation is 1. The normalized spacial score (nSPS) is 14.5. The molecule has 1 heterocycles. The Kier molecular flexibility index (Phi) is 7.97. The van der Waals surface area contributed by atoms with Crippen molar-refractivity contribution >= 4 is 23.2 Å². The predicted octanol–water partition coefficient (Wildman–Crippen LogP) is 1.16. The highest BCUT2D eigenvalue weighted by Crippen LogP contribution is 2.28. The Hall–Kier alpha value is -1.67. The van der Waals surface area contributed by atoms with Crippen LogP contribution in [0.1, 0.15) is 34.6 Å². The number of rotatable bonds is 10. The lowest BCUT2D eigenvalue weighted by molar-refractivity contribution is 0.0957. The van der Waals surface area contributed by atoms with E-state index in [1.54, 1.807) is 12.6 Å². The van der Waals surface area contributed by atoms with E-state index in [1.165, 1.54) is 24.2 Å². The van der Waals surface area contributed by atoms with Crippen LogP contribution in [0.5, 0.6) is 0 Å². The molecule has 24 heavy (non-hydrogen) atoms. The van der Waals surface area contributed by atoms with Gasteiger partial charge in [0.15, 0.2) is 5.96 Å². The highest BCUT2D eigenvalue weighted by molar-refractivity contribution is 7.11. The first-order valence-electron chi connectivity index (χ1n) is 8.41. The van der Waals surface area contributed by atoms with Gasteiger partial charge in [-0.15, -0.1) is 11.3 Å². The van der Waals surface area contributed by atoms with Crippen molar-refractivity contribution in [1.82, 2.24) is 20.9 Å². The zero-order valence-electron chi connectivity index (χ0n) is 14.4. The fraction of sp³-hybridized carbons (Fsp3) is 0.688. The average Bonchev–Trinajstić information content (AvgIpc) is 3.31.